The van der Waals surface area contributed by atoms with Gasteiger partial charge in [-0.05, 0) is 19.8 Å². The molecule has 0 atom stereocenters. The van der Waals surface area contributed by atoms with E-state index in [0.29, 0.717) is 24.8 Å². The monoisotopic (exact) mass is 299 g/mol. The van der Waals surface area contributed by atoms with Gasteiger partial charge in [-0.25, -0.2) is 8.42 Å². The van der Waals surface area contributed by atoms with Crippen molar-refractivity contribution in [3.8, 4) is 0 Å². The summed E-state index contributed by atoms with van der Waals surface area (Å²) in [5, 5.41) is 4.00. The number of nitrogen functional groups attached to an aromatic ring is 1. The number of aryl methyl sites for hydroxylation is 1. The summed E-state index contributed by atoms with van der Waals surface area (Å²) in [6.07, 6.45) is 2.50. The molecule has 0 radical (unpaired) electrons. The van der Waals surface area contributed by atoms with Crippen LogP contribution in [-0.4, -0.2) is 59.6 Å². The first-order valence-electron chi connectivity index (χ1n) is 6.94. The molecule has 0 aromatic carbocycles. The lowest BCUT2D eigenvalue weighted by atomic mass is 10.3. The van der Waals surface area contributed by atoms with Gasteiger partial charge in [0.1, 0.15) is 4.90 Å². The van der Waals surface area contributed by atoms with Gasteiger partial charge in [-0.1, -0.05) is 0 Å². The lowest BCUT2D eigenvalue weighted by Crippen LogP contribution is -2.49. The molecule has 2 fully saturated rings. The van der Waals surface area contributed by atoms with Crippen molar-refractivity contribution < 1.29 is 8.42 Å². The van der Waals surface area contributed by atoms with Crippen LogP contribution < -0.4 is 5.73 Å². The van der Waals surface area contributed by atoms with Crippen LogP contribution in [0.15, 0.2) is 4.90 Å². The lowest BCUT2D eigenvalue weighted by Gasteiger charge is -2.33. The number of anilines is 1. The van der Waals surface area contributed by atoms with Gasteiger partial charge >= 0.3 is 0 Å². The van der Waals surface area contributed by atoms with Crippen molar-refractivity contribution in [1.29, 1.82) is 0 Å². The molecule has 0 spiro atoms. The SMILES string of the molecule is Cc1c(S(=O)(=O)N2CCN(C3CC3)CC2)c(N)nn1C. The summed E-state index contributed by atoms with van der Waals surface area (Å²) >= 11 is 0. The van der Waals surface area contributed by atoms with Crippen molar-refractivity contribution in [2.45, 2.75) is 30.7 Å². The standard InChI is InChI=1S/C12H21N5O2S/c1-9-11(12(13)14-15(9)2)20(18,19)17-7-5-16(6-8-17)10-3-4-10/h10H,3-8H2,1-2H3,(H2,13,14). The molecule has 1 saturated carbocycles. The van der Waals surface area contributed by atoms with Crippen LogP contribution in [0.2, 0.25) is 0 Å². The van der Waals surface area contributed by atoms with Crippen molar-refractivity contribution >= 4 is 15.8 Å². The fourth-order valence-electron chi connectivity index (χ4n) is 2.81. The summed E-state index contributed by atoms with van der Waals surface area (Å²) in [5.41, 5.74) is 6.36. The summed E-state index contributed by atoms with van der Waals surface area (Å²) in [4.78, 5) is 2.55. The van der Waals surface area contributed by atoms with Crippen molar-refractivity contribution in [1.82, 2.24) is 19.0 Å². The van der Waals surface area contributed by atoms with Gasteiger partial charge < -0.3 is 5.73 Å². The largest absolute Gasteiger partial charge is 0.381 e. The molecule has 1 aromatic heterocycles. The molecular weight excluding hydrogens is 278 g/mol. The van der Waals surface area contributed by atoms with Gasteiger partial charge in [-0.15, -0.1) is 0 Å². The van der Waals surface area contributed by atoms with Crippen molar-refractivity contribution in [2.24, 2.45) is 7.05 Å². The molecule has 1 aliphatic heterocycles. The summed E-state index contributed by atoms with van der Waals surface area (Å²) in [5.74, 6) is 0.0922. The number of nitrogens with two attached hydrogens (primary N) is 1. The highest BCUT2D eigenvalue weighted by Crippen LogP contribution is 2.30. The van der Waals surface area contributed by atoms with E-state index >= 15 is 0 Å². The molecule has 1 aromatic rings. The lowest BCUT2D eigenvalue weighted by molar-refractivity contribution is 0.180. The van der Waals surface area contributed by atoms with E-state index in [1.807, 2.05) is 0 Å². The first kappa shape index (κ1) is 13.8. The number of aromatic nitrogens is 2. The Hall–Kier alpha value is -1.12. The van der Waals surface area contributed by atoms with Gasteiger partial charge in [0.15, 0.2) is 5.82 Å². The minimum atomic E-state index is -3.53. The van der Waals surface area contributed by atoms with Gasteiger partial charge in [-0.2, -0.15) is 9.40 Å². The Morgan fingerprint density at radius 1 is 1.20 bits per heavy atom. The third-order valence-electron chi connectivity index (χ3n) is 4.24. The molecule has 7 nitrogen and oxygen atoms in total. The predicted molar refractivity (Wildman–Crippen MR) is 75.7 cm³/mol. The Balaban J connectivity index is 1.81. The average Bonchev–Trinajstić information content (AvgIpc) is 3.19. The van der Waals surface area contributed by atoms with E-state index < -0.39 is 10.0 Å². The van der Waals surface area contributed by atoms with Gasteiger partial charge in [0.25, 0.3) is 0 Å². The minimum absolute atomic E-state index is 0.0922. The molecule has 112 valence electrons. The quantitative estimate of drug-likeness (QED) is 0.834. The van der Waals surface area contributed by atoms with E-state index in [9.17, 15) is 8.42 Å². The molecule has 3 rings (SSSR count). The molecule has 1 aliphatic carbocycles. The number of hydrogen-bond acceptors (Lipinski definition) is 5. The van der Waals surface area contributed by atoms with E-state index in [1.54, 1.807) is 14.0 Å². The maximum absolute atomic E-state index is 12.7. The van der Waals surface area contributed by atoms with Crippen LogP contribution in [0.5, 0.6) is 0 Å². The van der Waals surface area contributed by atoms with Gasteiger partial charge in [0, 0.05) is 39.3 Å². The molecule has 8 heteroatoms. The Kier molecular flexibility index (Phi) is 3.26. The normalized spacial score (nSPS) is 22.3. The van der Waals surface area contributed by atoms with E-state index in [1.165, 1.54) is 21.8 Å². The first-order valence-corrected chi connectivity index (χ1v) is 8.38. The van der Waals surface area contributed by atoms with Crippen LogP contribution in [0.4, 0.5) is 5.82 Å². The van der Waals surface area contributed by atoms with Crippen LogP contribution in [-0.2, 0) is 17.1 Å². The zero-order valence-corrected chi connectivity index (χ0v) is 12.7. The highest BCUT2D eigenvalue weighted by atomic mass is 32.2. The van der Waals surface area contributed by atoms with Crippen LogP contribution in [0.3, 0.4) is 0 Å². The number of rotatable bonds is 3. The maximum Gasteiger partial charge on any atom is 0.248 e. The van der Waals surface area contributed by atoms with Crippen LogP contribution in [0.25, 0.3) is 0 Å². The van der Waals surface area contributed by atoms with Crippen LogP contribution in [0.1, 0.15) is 18.5 Å². The van der Waals surface area contributed by atoms with Crippen molar-refractivity contribution in [3.05, 3.63) is 5.69 Å². The Morgan fingerprint density at radius 3 is 2.25 bits per heavy atom. The van der Waals surface area contributed by atoms with Crippen molar-refractivity contribution in [3.63, 3.8) is 0 Å². The minimum Gasteiger partial charge on any atom is -0.381 e. The molecule has 2 heterocycles. The molecule has 20 heavy (non-hydrogen) atoms. The highest BCUT2D eigenvalue weighted by molar-refractivity contribution is 7.89. The molecule has 2 aliphatic rings. The molecule has 1 saturated heterocycles. The predicted octanol–water partition coefficient (Wildman–Crippen LogP) is -0.221. The zero-order valence-electron chi connectivity index (χ0n) is 11.9. The fourth-order valence-corrected chi connectivity index (χ4v) is 4.52. The summed E-state index contributed by atoms with van der Waals surface area (Å²) in [7, 11) is -1.83. The first-order chi connectivity index (χ1) is 9.41. The zero-order chi connectivity index (χ0) is 14.5. The summed E-state index contributed by atoms with van der Waals surface area (Å²) in [6, 6.07) is 0.685. The molecule has 0 amide bonds. The molecule has 0 bridgehead atoms. The van der Waals surface area contributed by atoms with E-state index in [0.717, 1.165) is 13.1 Å². The van der Waals surface area contributed by atoms with Crippen LogP contribution in [0, 0.1) is 6.92 Å². The number of hydrogen-bond donors (Lipinski definition) is 1. The highest BCUT2D eigenvalue weighted by Gasteiger charge is 2.37. The topological polar surface area (TPSA) is 84.5 Å². The van der Waals surface area contributed by atoms with Gasteiger partial charge in [-0.3, -0.25) is 9.58 Å². The molecular formula is C12H21N5O2S. The maximum atomic E-state index is 12.7. The summed E-state index contributed by atoms with van der Waals surface area (Å²) < 4.78 is 28.5. The number of piperazine rings is 1. The Bertz CT molecular complexity index is 612. The van der Waals surface area contributed by atoms with E-state index in [-0.39, 0.29) is 10.7 Å². The Morgan fingerprint density at radius 2 is 1.80 bits per heavy atom. The van der Waals surface area contributed by atoms with Gasteiger partial charge in [0.2, 0.25) is 10.0 Å². The second-order valence-electron chi connectivity index (χ2n) is 5.59. The second-order valence-corrected chi connectivity index (χ2v) is 7.47. The van der Waals surface area contributed by atoms with Crippen molar-refractivity contribution in [2.75, 3.05) is 31.9 Å². The fraction of sp³-hybridized carbons (Fsp3) is 0.750. The molecule has 2 N–H and O–H groups in total. The Labute approximate surface area is 119 Å². The average molecular weight is 299 g/mol. The molecule has 0 unspecified atom stereocenters. The van der Waals surface area contributed by atoms with E-state index in [4.69, 9.17) is 5.73 Å². The summed E-state index contributed by atoms with van der Waals surface area (Å²) in [6.45, 7) is 4.42. The number of nitrogens with zero attached hydrogens (tertiary/aromatic N) is 4. The van der Waals surface area contributed by atoms with Crippen LogP contribution >= 0.6 is 0 Å². The van der Waals surface area contributed by atoms with Gasteiger partial charge in [0.05, 0.1) is 5.69 Å². The number of sulfonamides is 1. The smallest absolute Gasteiger partial charge is 0.248 e. The third kappa shape index (κ3) is 2.21. The van der Waals surface area contributed by atoms with E-state index in [2.05, 4.69) is 10.00 Å². The third-order valence-corrected chi connectivity index (χ3v) is 6.30. The second kappa shape index (κ2) is 4.71.